The molecular formula is C17H12F3N3OS. The van der Waals surface area contributed by atoms with Gasteiger partial charge in [-0.15, -0.1) is 0 Å². The van der Waals surface area contributed by atoms with Gasteiger partial charge >= 0.3 is 0 Å². The summed E-state index contributed by atoms with van der Waals surface area (Å²) in [7, 11) is 0. The van der Waals surface area contributed by atoms with E-state index in [-0.39, 0.29) is 17.3 Å². The van der Waals surface area contributed by atoms with E-state index < -0.39 is 17.5 Å². The van der Waals surface area contributed by atoms with Crippen LogP contribution in [0.5, 0.6) is 0 Å². The molecule has 8 heteroatoms. The fourth-order valence-corrected chi connectivity index (χ4v) is 2.88. The number of benzene rings is 2. The summed E-state index contributed by atoms with van der Waals surface area (Å²) in [5.74, 6) is -2.38. The number of carbonyl (C=O) groups is 1. The number of aromatic nitrogens is 2. The molecule has 0 aliphatic carbocycles. The highest BCUT2D eigenvalue weighted by atomic mass is 32.2. The Balaban J connectivity index is 1.65. The van der Waals surface area contributed by atoms with Crippen LogP contribution in [0.1, 0.15) is 0 Å². The number of amides is 1. The maximum Gasteiger partial charge on any atom is 0.234 e. The highest BCUT2D eigenvalue weighted by molar-refractivity contribution is 7.99. The van der Waals surface area contributed by atoms with E-state index in [2.05, 4.69) is 10.3 Å². The monoisotopic (exact) mass is 363 g/mol. The van der Waals surface area contributed by atoms with Crippen LogP contribution in [0.15, 0.2) is 60.0 Å². The number of hydrogen-bond donors (Lipinski definition) is 1. The molecule has 3 rings (SSSR count). The summed E-state index contributed by atoms with van der Waals surface area (Å²) in [6.07, 6.45) is 3.25. The van der Waals surface area contributed by atoms with Crippen molar-refractivity contribution in [3.05, 3.63) is 72.3 Å². The molecule has 0 bridgehead atoms. The number of anilines is 1. The summed E-state index contributed by atoms with van der Waals surface area (Å²) in [5.41, 5.74) is 0.611. The second-order valence-corrected chi connectivity index (χ2v) is 5.96. The van der Waals surface area contributed by atoms with Gasteiger partial charge in [0.15, 0.2) is 5.16 Å². The molecule has 128 valence electrons. The van der Waals surface area contributed by atoms with Crippen LogP contribution in [0.25, 0.3) is 5.69 Å². The Morgan fingerprint density at radius 2 is 1.80 bits per heavy atom. The van der Waals surface area contributed by atoms with E-state index in [1.165, 1.54) is 12.1 Å². The van der Waals surface area contributed by atoms with Crippen molar-refractivity contribution < 1.29 is 18.0 Å². The molecule has 4 nitrogen and oxygen atoms in total. The standard InChI is InChI=1S/C17H12F3N3OS/c18-11-1-4-13(5-2-11)23-8-7-21-17(23)25-10-16(24)22-15-6-3-12(19)9-14(15)20/h1-9H,10H2,(H,22,24). The van der Waals surface area contributed by atoms with Gasteiger partial charge in [0.05, 0.1) is 11.4 Å². The maximum atomic E-state index is 13.5. The minimum atomic E-state index is -0.842. The minimum Gasteiger partial charge on any atom is -0.323 e. The fraction of sp³-hybridized carbons (Fsp3) is 0.0588. The first-order valence-corrected chi connectivity index (χ1v) is 8.18. The van der Waals surface area contributed by atoms with Gasteiger partial charge in [-0.05, 0) is 36.4 Å². The minimum absolute atomic E-state index is 0.0188. The number of nitrogens with zero attached hydrogens (tertiary/aromatic N) is 2. The van der Waals surface area contributed by atoms with Crippen molar-refractivity contribution in [3.8, 4) is 5.69 Å². The van der Waals surface area contributed by atoms with Crippen LogP contribution in [0.3, 0.4) is 0 Å². The Labute approximate surface area is 145 Å². The van der Waals surface area contributed by atoms with Crippen molar-refractivity contribution in [3.63, 3.8) is 0 Å². The van der Waals surface area contributed by atoms with E-state index in [1.807, 2.05) is 0 Å². The first kappa shape index (κ1) is 17.1. The Morgan fingerprint density at radius 3 is 2.52 bits per heavy atom. The number of nitrogens with one attached hydrogen (secondary N) is 1. The number of imidazole rings is 1. The normalized spacial score (nSPS) is 10.7. The predicted molar refractivity (Wildman–Crippen MR) is 89.2 cm³/mol. The molecule has 1 aromatic heterocycles. The molecule has 0 aliphatic rings. The van der Waals surface area contributed by atoms with Gasteiger partial charge in [-0.1, -0.05) is 11.8 Å². The number of rotatable bonds is 5. The summed E-state index contributed by atoms with van der Waals surface area (Å²) in [5, 5.41) is 2.91. The molecule has 0 saturated heterocycles. The highest BCUT2D eigenvalue weighted by Crippen LogP contribution is 2.21. The molecule has 0 atom stereocenters. The lowest BCUT2D eigenvalue weighted by molar-refractivity contribution is -0.113. The fourth-order valence-electron chi connectivity index (χ4n) is 2.10. The van der Waals surface area contributed by atoms with E-state index >= 15 is 0 Å². The molecule has 0 fully saturated rings. The summed E-state index contributed by atoms with van der Waals surface area (Å²) in [6.45, 7) is 0. The number of hydrogen-bond acceptors (Lipinski definition) is 3. The second kappa shape index (κ2) is 7.43. The molecule has 1 N–H and O–H groups in total. The van der Waals surface area contributed by atoms with Gasteiger partial charge in [0.25, 0.3) is 0 Å². The smallest absolute Gasteiger partial charge is 0.234 e. The molecule has 3 aromatic rings. The molecule has 25 heavy (non-hydrogen) atoms. The Kier molecular flexibility index (Phi) is 5.08. The van der Waals surface area contributed by atoms with Crippen molar-refractivity contribution in [2.45, 2.75) is 5.16 Å². The van der Waals surface area contributed by atoms with Gasteiger partial charge in [0.2, 0.25) is 5.91 Å². The number of halogens is 3. The third-order valence-corrected chi connectivity index (χ3v) is 4.22. The Hall–Kier alpha value is -2.74. The van der Waals surface area contributed by atoms with Gasteiger partial charge < -0.3 is 5.32 Å². The zero-order chi connectivity index (χ0) is 17.8. The molecule has 1 heterocycles. The Morgan fingerprint density at radius 1 is 1.08 bits per heavy atom. The molecule has 0 saturated carbocycles. The first-order chi connectivity index (χ1) is 12.0. The third kappa shape index (κ3) is 4.21. The summed E-state index contributed by atoms with van der Waals surface area (Å²) >= 11 is 1.14. The lowest BCUT2D eigenvalue weighted by Gasteiger charge is -2.08. The molecule has 1 amide bonds. The average molecular weight is 363 g/mol. The molecule has 0 unspecified atom stereocenters. The lowest BCUT2D eigenvalue weighted by Crippen LogP contribution is -2.15. The summed E-state index contributed by atoms with van der Waals surface area (Å²) < 4.78 is 41.1. The topological polar surface area (TPSA) is 46.9 Å². The van der Waals surface area contributed by atoms with Crippen molar-refractivity contribution in [1.29, 1.82) is 0 Å². The molecular weight excluding hydrogens is 351 g/mol. The van der Waals surface area contributed by atoms with Crippen LogP contribution in [0.2, 0.25) is 0 Å². The third-order valence-electron chi connectivity index (χ3n) is 3.25. The van der Waals surface area contributed by atoms with Crippen LogP contribution in [-0.4, -0.2) is 21.2 Å². The molecule has 0 radical (unpaired) electrons. The second-order valence-electron chi connectivity index (χ2n) is 5.02. The summed E-state index contributed by atoms with van der Waals surface area (Å²) in [6, 6.07) is 8.76. The van der Waals surface area contributed by atoms with Gasteiger partial charge in [0.1, 0.15) is 17.5 Å². The predicted octanol–water partition coefficient (Wildman–Crippen LogP) is 4.02. The van der Waals surface area contributed by atoms with Crippen molar-refractivity contribution in [2.75, 3.05) is 11.1 Å². The van der Waals surface area contributed by atoms with E-state index in [9.17, 15) is 18.0 Å². The zero-order valence-electron chi connectivity index (χ0n) is 12.7. The highest BCUT2D eigenvalue weighted by Gasteiger charge is 2.11. The quantitative estimate of drug-likeness (QED) is 0.697. The van der Waals surface area contributed by atoms with Crippen LogP contribution in [-0.2, 0) is 4.79 Å². The van der Waals surface area contributed by atoms with Gasteiger partial charge in [-0.2, -0.15) is 0 Å². The first-order valence-electron chi connectivity index (χ1n) is 7.20. The number of carbonyl (C=O) groups excluding carboxylic acids is 1. The van der Waals surface area contributed by atoms with Crippen LogP contribution < -0.4 is 5.32 Å². The molecule has 2 aromatic carbocycles. The molecule has 0 spiro atoms. The van der Waals surface area contributed by atoms with Crippen molar-refractivity contribution in [1.82, 2.24) is 9.55 Å². The van der Waals surface area contributed by atoms with E-state index in [0.29, 0.717) is 16.9 Å². The van der Waals surface area contributed by atoms with Gasteiger partial charge in [0, 0.05) is 24.1 Å². The van der Waals surface area contributed by atoms with Crippen LogP contribution >= 0.6 is 11.8 Å². The summed E-state index contributed by atoms with van der Waals surface area (Å²) in [4.78, 5) is 16.1. The van der Waals surface area contributed by atoms with Crippen LogP contribution in [0.4, 0.5) is 18.9 Å². The van der Waals surface area contributed by atoms with E-state index in [1.54, 1.807) is 29.1 Å². The molecule has 0 aliphatic heterocycles. The zero-order valence-corrected chi connectivity index (χ0v) is 13.6. The van der Waals surface area contributed by atoms with Crippen LogP contribution in [0, 0.1) is 17.5 Å². The van der Waals surface area contributed by atoms with Gasteiger partial charge in [-0.25, -0.2) is 18.2 Å². The Bertz CT molecular complexity index is 896. The van der Waals surface area contributed by atoms with E-state index in [4.69, 9.17) is 0 Å². The van der Waals surface area contributed by atoms with E-state index in [0.717, 1.165) is 23.9 Å². The lowest BCUT2D eigenvalue weighted by atomic mass is 10.3. The average Bonchev–Trinajstić information content (AvgIpc) is 3.05. The van der Waals surface area contributed by atoms with Crippen molar-refractivity contribution >= 4 is 23.4 Å². The maximum absolute atomic E-state index is 13.5. The van der Waals surface area contributed by atoms with Gasteiger partial charge in [-0.3, -0.25) is 9.36 Å². The van der Waals surface area contributed by atoms with Crippen molar-refractivity contribution in [2.24, 2.45) is 0 Å². The largest absolute Gasteiger partial charge is 0.323 e. The number of thioether (sulfide) groups is 1. The SMILES string of the molecule is O=C(CSc1nccn1-c1ccc(F)cc1)Nc1ccc(F)cc1F.